The molecule has 4 N–H and O–H groups in total. The summed E-state index contributed by atoms with van der Waals surface area (Å²) < 4.78 is 0. The van der Waals surface area contributed by atoms with Crippen LogP contribution in [0.4, 0.5) is 0 Å². The van der Waals surface area contributed by atoms with E-state index in [0.29, 0.717) is 17.9 Å². The monoisotopic (exact) mass is 411 g/mol. The van der Waals surface area contributed by atoms with Crippen LogP contribution in [0.1, 0.15) is 45.6 Å². The van der Waals surface area contributed by atoms with Crippen molar-refractivity contribution in [3.05, 3.63) is 34.9 Å². The zero-order chi connectivity index (χ0) is 21.3. The minimum atomic E-state index is -0.735. The van der Waals surface area contributed by atoms with E-state index in [4.69, 9.17) is 16.8 Å². The van der Waals surface area contributed by atoms with E-state index in [2.05, 4.69) is 10.6 Å². The van der Waals surface area contributed by atoms with Gasteiger partial charge in [-0.3, -0.25) is 19.6 Å². The molecule has 1 aromatic rings. The maximum absolute atomic E-state index is 12.8. The second-order valence-electron chi connectivity index (χ2n) is 7.88. The molecule has 0 aromatic heterocycles. The lowest BCUT2D eigenvalue weighted by molar-refractivity contribution is -0.137. The van der Waals surface area contributed by atoms with Gasteiger partial charge in [0.25, 0.3) is 0 Å². The molecule has 0 saturated carbocycles. The van der Waals surface area contributed by atoms with Crippen LogP contribution in [-0.4, -0.2) is 36.0 Å². The van der Waals surface area contributed by atoms with Crippen LogP contribution in [-0.2, 0) is 20.8 Å². The van der Waals surface area contributed by atoms with Crippen LogP contribution in [0, 0.1) is 11.3 Å². The van der Waals surface area contributed by atoms with Crippen molar-refractivity contribution in [2.75, 3.05) is 7.05 Å². The van der Waals surface area contributed by atoms with Gasteiger partial charge >= 0.3 is 0 Å². The Morgan fingerprint density at radius 3 is 2.21 bits per heavy atom. The summed E-state index contributed by atoms with van der Waals surface area (Å²) in [5.74, 6) is -1.98. The van der Waals surface area contributed by atoms with Crippen LogP contribution >= 0.6 is 11.6 Å². The van der Waals surface area contributed by atoms with Gasteiger partial charge in [0.1, 0.15) is 6.04 Å². The van der Waals surface area contributed by atoms with Gasteiger partial charge in [0, 0.05) is 24.4 Å². The Kier molecular flexibility index (Phi) is 9.41. The highest BCUT2D eigenvalue weighted by molar-refractivity contribution is 6.30. The van der Waals surface area contributed by atoms with Gasteiger partial charge in [0.05, 0.1) is 0 Å². The Balaban J connectivity index is 2.80. The van der Waals surface area contributed by atoms with Crippen LogP contribution in [0.2, 0.25) is 5.02 Å². The molecule has 0 aliphatic rings. The zero-order valence-electron chi connectivity index (χ0n) is 16.8. The first kappa shape index (κ1) is 23.9. The Labute approximate surface area is 171 Å². The molecule has 1 rings (SSSR count). The fourth-order valence-electron chi connectivity index (χ4n) is 2.88. The minimum absolute atomic E-state index is 0.159. The van der Waals surface area contributed by atoms with Crippen LogP contribution in [0.25, 0.3) is 0 Å². The quantitative estimate of drug-likeness (QED) is 0.369. The minimum Gasteiger partial charge on any atom is -0.357 e. The summed E-state index contributed by atoms with van der Waals surface area (Å²) in [5.41, 5.74) is 2.15. The number of amides is 3. The third-order valence-corrected chi connectivity index (χ3v) is 4.77. The van der Waals surface area contributed by atoms with Crippen LogP contribution in [0.3, 0.4) is 0 Å². The molecule has 0 unspecified atom stereocenters. The van der Waals surface area contributed by atoms with Crippen molar-refractivity contribution in [2.24, 2.45) is 11.3 Å². The zero-order valence-corrected chi connectivity index (χ0v) is 17.6. The number of likely N-dealkylation sites (N-methyl/N-ethyl adjacent to an activating group) is 1. The van der Waals surface area contributed by atoms with Gasteiger partial charge in [0.15, 0.2) is 0 Å². The van der Waals surface area contributed by atoms with Gasteiger partial charge in [-0.1, -0.05) is 44.5 Å². The molecule has 0 fully saturated rings. The third-order valence-electron chi connectivity index (χ3n) is 4.52. The van der Waals surface area contributed by atoms with Crippen molar-refractivity contribution < 1.29 is 19.6 Å². The number of benzene rings is 1. The summed E-state index contributed by atoms with van der Waals surface area (Å²) in [6.07, 6.45) is 1.67. The number of halogens is 1. The lowest BCUT2D eigenvalue weighted by Crippen LogP contribution is -2.54. The van der Waals surface area contributed by atoms with E-state index in [9.17, 15) is 14.4 Å². The molecule has 8 heteroatoms. The lowest BCUT2D eigenvalue weighted by Gasteiger charge is -2.31. The highest BCUT2D eigenvalue weighted by atomic mass is 35.5. The van der Waals surface area contributed by atoms with Gasteiger partial charge in [-0.15, -0.1) is 0 Å². The molecular weight excluding hydrogens is 382 g/mol. The predicted molar refractivity (Wildman–Crippen MR) is 108 cm³/mol. The summed E-state index contributed by atoms with van der Waals surface area (Å²) in [6.45, 7) is 5.55. The van der Waals surface area contributed by atoms with E-state index in [1.54, 1.807) is 17.6 Å². The first-order valence-electron chi connectivity index (χ1n) is 9.27. The maximum atomic E-state index is 12.8. The molecule has 156 valence electrons. The Morgan fingerprint density at radius 2 is 1.71 bits per heavy atom. The average molecular weight is 412 g/mol. The number of hydroxylamine groups is 1. The van der Waals surface area contributed by atoms with Crippen molar-refractivity contribution in [3.8, 4) is 0 Å². The number of carbonyl (C=O) groups is 3. The van der Waals surface area contributed by atoms with E-state index >= 15 is 0 Å². The van der Waals surface area contributed by atoms with Crippen molar-refractivity contribution in [1.82, 2.24) is 16.1 Å². The van der Waals surface area contributed by atoms with Gasteiger partial charge in [0.2, 0.25) is 17.7 Å². The van der Waals surface area contributed by atoms with E-state index in [1.807, 2.05) is 32.9 Å². The van der Waals surface area contributed by atoms with Gasteiger partial charge in [-0.2, -0.15) is 0 Å². The topological polar surface area (TPSA) is 108 Å². The summed E-state index contributed by atoms with van der Waals surface area (Å²) in [5, 5.41) is 14.8. The molecular formula is C20H30ClN3O4. The number of hydrogen-bond donors (Lipinski definition) is 4. The first-order valence-corrected chi connectivity index (χ1v) is 9.65. The molecule has 0 heterocycles. The van der Waals surface area contributed by atoms with Gasteiger partial charge < -0.3 is 10.6 Å². The molecule has 0 radical (unpaired) electrons. The number of nitrogens with one attached hydrogen (secondary N) is 3. The summed E-state index contributed by atoms with van der Waals surface area (Å²) >= 11 is 5.88. The molecule has 0 aliphatic carbocycles. The normalized spacial score (nSPS) is 13.4. The number of carbonyl (C=O) groups excluding carboxylic acids is 3. The predicted octanol–water partition coefficient (Wildman–Crippen LogP) is 2.45. The third kappa shape index (κ3) is 7.86. The van der Waals surface area contributed by atoms with Gasteiger partial charge in [-0.25, -0.2) is 5.48 Å². The molecule has 0 bridgehead atoms. The SMILES string of the molecule is CNC(=O)[C@@H](NC(=O)[C@H](CCCc1ccc(Cl)cc1)CC(=O)NO)C(C)(C)C. The first-order chi connectivity index (χ1) is 13.1. The molecule has 7 nitrogen and oxygen atoms in total. The van der Waals surface area contributed by atoms with E-state index in [0.717, 1.165) is 12.0 Å². The van der Waals surface area contributed by atoms with Crippen LogP contribution in [0.5, 0.6) is 0 Å². The van der Waals surface area contributed by atoms with E-state index < -0.39 is 23.3 Å². The highest BCUT2D eigenvalue weighted by Gasteiger charge is 2.34. The Bertz CT molecular complexity index is 671. The molecule has 0 saturated heterocycles. The lowest BCUT2D eigenvalue weighted by atomic mass is 9.85. The smallest absolute Gasteiger partial charge is 0.244 e. The van der Waals surface area contributed by atoms with E-state index in [1.165, 1.54) is 7.05 Å². The standard InChI is InChI=1S/C20H30ClN3O4/c1-20(2,3)17(19(27)22-4)23-18(26)14(12-16(25)24-28)7-5-6-13-8-10-15(21)11-9-13/h8-11,14,17,28H,5-7,12H2,1-4H3,(H,22,27)(H,23,26)(H,24,25)/t14-,17-/m1/s1. The molecule has 2 atom stereocenters. The second-order valence-corrected chi connectivity index (χ2v) is 8.31. The number of hydrogen-bond acceptors (Lipinski definition) is 4. The highest BCUT2D eigenvalue weighted by Crippen LogP contribution is 2.22. The molecule has 28 heavy (non-hydrogen) atoms. The van der Waals surface area contributed by atoms with Crippen molar-refractivity contribution >= 4 is 29.3 Å². The Hall–Kier alpha value is -2.12. The molecule has 0 aliphatic heterocycles. The van der Waals surface area contributed by atoms with Crippen molar-refractivity contribution in [3.63, 3.8) is 0 Å². The summed E-state index contributed by atoms with van der Waals surface area (Å²) in [7, 11) is 1.51. The summed E-state index contributed by atoms with van der Waals surface area (Å²) in [6, 6.07) is 6.70. The van der Waals surface area contributed by atoms with Gasteiger partial charge in [-0.05, 0) is 42.4 Å². The van der Waals surface area contributed by atoms with Crippen molar-refractivity contribution in [1.29, 1.82) is 0 Å². The molecule has 3 amide bonds. The van der Waals surface area contributed by atoms with Crippen molar-refractivity contribution in [2.45, 2.75) is 52.5 Å². The fourth-order valence-corrected chi connectivity index (χ4v) is 3.00. The second kappa shape index (κ2) is 11.0. The van der Waals surface area contributed by atoms with Crippen LogP contribution < -0.4 is 16.1 Å². The van der Waals surface area contributed by atoms with Crippen LogP contribution in [0.15, 0.2) is 24.3 Å². The number of aryl methyl sites for hydroxylation is 1. The molecule has 0 spiro atoms. The average Bonchev–Trinajstić information content (AvgIpc) is 2.64. The molecule has 1 aromatic carbocycles. The maximum Gasteiger partial charge on any atom is 0.244 e. The van der Waals surface area contributed by atoms with E-state index in [-0.39, 0.29) is 18.2 Å². The fraction of sp³-hybridized carbons (Fsp3) is 0.550. The number of rotatable bonds is 9. The summed E-state index contributed by atoms with van der Waals surface area (Å²) in [4.78, 5) is 36.6. The largest absolute Gasteiger partial charge is 0.357 e. The Morgan fingerprint density at radius 1 is 1.11 bits per heavy atom.